The molecule has 0 unspecified atom stereocenters. The third-order valence-corrected chi connectivity index (χ3v) is 5.68. The molecule has 134 valence electrons. The smallest absolute Gasteiger partial charge is 0.0260 e. The van der Waals surface area contributed by atoms with Gasteiger partial charge in [-0.25, -0.2) is 0 Å². The van der Waals surface area contributed by atoms with Gasteiger partial charge in [-0.3, -0.25) is 0 Å². The van der Waals surface area contributed by atoms with Crippen molar-refractivity contribution in [2.75, 3.05) is 0 Å². The third kappa shape index (κ3) is 9.38. The van der Waals surface area contributed by atoms with Crippen molar-refractivity contribution in [3.8, 4) is 0 Å². The third-order valence-electron chi connectivity index (χ3n) is 5.68. The van der Waals surface area contributed by atoms with Crippen LogP contribution in [0.3, 0.4) is 0 Å². The van der Waals surface area contributed by atoms with Crippen LogP contribution in [0.2, 0.25) is 0 Å². The SMILES string of the molecule is CC(C)C1=CCCCC1.CC(C)C1CCCC1.CC1=CCCC1. The van der Waals surface area contributed by atoms with Crippen LogP contribution >= 0.6 is 0 Å². The van der Waals surface area contributed by atoms with E-state index in [1.165, 1.54) is 70.6 Å². The van der Waals surface area contributed by atoms with Crippen LogP contribution in [-0.4, -0.2) is 0 Å². The van der Waals surface area contributed by atoms with Crippen LogP contribution in [0.4, 0.5) is 0 Å². The van der Waals surface area contributed by atoms with E-state index in [-0.39, 0.29) is 0 Å². The highest BCUT2D eigenvalue weighted by Gasteiger charge is 2.17. The van der Waals surface area contributed by atoms with E-state index in [1.807, 2.05) is 0 Å². The first kappa shape index (κ1) is 20.5. The summed E-state index contributed by atoms with van der Waals surface area (Å²) in [4.78, 5) is 0. The lowest BCUT2D eigenvalue weighted by Gasteiger charge is -2.15. The predicted molar refractivity (Wildman–Crippen MR) is 106 cm³/mol. The summed E-state index contributed by atoms with van der Waals surface area (Å²) in [7, 11) is 0. The van der Waals surface area contributed by atoms with Gasteiger partial charge < -0.3 is 0 Å². The second kappa shape index (κ2) is 11.9. The minimum absolute atomic E-state index is 0.797. The molecule has 0 bridgehead atoms. The molecule has 23 heavy (non-hydrogen) atoms. The first-order chi connectivity index (χ1) is 11.0. The zero-order chi connectivity index (χ0) is 17.1. The maximum Gasteiger partial charge on any atom is -0.0260 e. The summed E-state index contributed by atoms with van der Waals surface area (Å²) in [5, 5.41) is 0. The van der Waals surface area contributed by atoms with E-state index in [0.29, 0.717) is 0 Å². The Bertz CT molecular complexity index is 350. The van der Waals surface area contributed by atoms with Crippen molar-refractivity contribution in [1.29, 1.82) is 0 Å². The van der Waals surface area contributed by atoms with E-state index in [2.05, 4.69) is 46.8 Å². The molecule has 0 amide bonds. The van der Waals surface area contributed by atoms with Crippen molar-refractivity contribution in [3.63, 3.8) is 0 Å². The Morgan fingerprint density at radius 2 is 1.43 bits per heavy atom. The average Bonchev–Trinajstić information content (AvgIpc) is 3.22. The van der Waals surface area contributed by atoms with Crippen molar-refractivity contribution in [3.05, 3.63) is 23.3 Å². The molecule has 1 saturated carbocycles. The lowest BCUT2D eigenvalue weighted by atomic mass is 9.92. The van der Waals surface area contributed by atoms with Gasteiger partial charge in [-0.2, -0.15) is 0 Å². The lowest BCUT2D eigenvalue weighted by Crippen LogP contribution is -2.01. The Kier molecular flexibility index (Phi) is 10.6. The van der Waals surface area contributed by atoms with E-state index in [4.69, 9.17) is 0 Å². The molecule has 0 spiro atoms. The molecule has 0 heterocycles. The quantitative estimate of drug-likeness (QED) is 0.451. The van der Waals surface area contributed by atoms with Gasteiger partial charge in [-0.05, 0) is 69.6 Å². The van der Waals surface area contributed by atoms with Crippen LogP contribution in [0, 0.1) is 17.8 Å². The van der Waals surface area contributed by atoms with E-state index in [1.54, 1.807) is 11.1 Å². The fourth-order valence-electron chi connectivity index (χ4n) is 3.84. The number of hydrogen-bond acceptors (Lipinski definition) is 0. The van der Waals surface area contributed by atoms with Gasteiger partial charge in [0.15, 0.2) is 0 Å². The van der Waals surface area contributed by atoms with Gasteiger partial charge in [-0.1, -0.05) is 76.7 Å². The van der Waals surface area contributed by atoms with Gasteiger partial charge in [0, 0.05) is 0 Å². The lowest BCUT2D eigenvalue weighted by molar-refractivity contribution is 0.396. The molecule has 0 N–H and O–H groups in total. The Morgan fingerprint density at radius 1 is 0.783 bits per heavy atom. The zero-order valence-corrected chi connectivity index (χ0v) is 16.7. The van der Waals surface area contributed by atoms with Gasteiger partial charge in [0.1, 0.15) is 0 Å². The highest BCUT2D eigenvalue weighted by molar-refractivity contribution is 5.07. The van der Waals surface area contributed by atoms with Crippen LogP contribution in [0.1, 0.15) is 105 Å². The van der Waals surface area contributed by atoms with Gasteiger partial charge in [0.2, 0.25) is 0 Å². The van der Waals surface area contributed by atoms with Crippen molar-refractivity contribution in [1.82, 2.24) is 0 Å². The number of hydrogen-bond donors (Lipinski definition) is 0. The molecule has 0 aromatic carbocycles. The summed E-state index contributed by atoms with van der Waals surface area (Å²) in [6.07, 6.45) is 20.3. The molecule has 0 atom stereocenters. The minimum Gasteiger partial charge on any atom is -0.0856 e. The zero-order valence-electron chi connectivity index (χ0n) is 16.7. The Labute approximate surface area is 146 Å². The van der Waals surface area contributed by atoms with Gasteiger partial charge >= 0.3 is 0 Å². The number of rotatable bonds is 2. The second-order valence-electron chi connectivity index (χ2n) is 8.41. The van der Waals surface area contributed by atoms with Gasteiger partial charge in [-0.15, -0.1) is 0 Å². The molecule has 1 fully saturated rings. The number of allylic oxidation sites excluding steroid dienone is 4. The van der Waals surface area contributed by atoms with Gasteiger partial charge in [0.05, 0.1) is 0 Å². The first-order valence-electron chi connectivity index (χ1n) is 10.3. The van der Waals surface area contributed by atoms with Crippen LogP contribution in [0.5, 0.6) is 0 Å². The summed E-state index contributed by atoms with van der Waals surface area (Å²) in [6, 6.07) is 0. The molecule has 0 nitrogen and oxygen atoms in total. The van der Waals surface area contributed by atoms with Crippen molar-refractivity contribution < 1.29 is 0 Å². The second-order valence-corrected chi connectivity index (χ2v) is 8.41. The first-order valence-corrected chi connectivity index (χ1v) is 10.3. The summed E-state index contributed by atoms with van der Waals surface area (Å²) in [5.74, 6) is 2.80. The maximum atomic E-state index is 2.42. The van der Waals surface area contributed by atoms with E-state index in [0.717, 1.165) is 17.8 Å². The monoisotopic (exact) mass is 318 g/mol. The largest absolute Gasteiger partial charge is 0.0856 e. The summed E-state index contributed by atoms with van der Waals surface area (Å²) < 4.78 is 0. The molecular weight excluding hydrogens is 276 g/mol. The van der Waals surface area contributed by atoms with E-state index >= 15 is 0 Å². The summed E-state index contributed by atoms with van der Waals surface area (Å²) >= 11 is 0. The predicted octanol–water partition coefficient (Wildman–Crippen LogP) is 8.09. The van der Waals surface area contributed by atoms with E-state index in [9.17, 15) is 0 Å². The molecule has 0 aliphatic heterocycles. The van der Waals surface area contributed by atoms with Crippen LogP contribution in [0.15, 0.2) is 23.3 Å². The molecule has 0 radical (unpaired) electrons. The molecular formula is C23H42. The summed E-state index contributed by atoms with van der Waals surface area (Å²) in [6.45, 7) is 11.5. The molecule has 0 heteroatoms. The van der Waals surface area contributed by atoms with Gasteiger partial charge in [0.25, 0.3) is 0 Å². The molecule has 3 aliphatic carbocycles. The fraction of sp³-hybridized carbons (Fsp3) is 0.826. The highest BCUT2D eigenvalue weighted by Crippen LogP contribution is 2.30. The molecule has 3 aliphatic rings. The molecule has 3 rings (SSSR count). The molecule has 0 aromatic rings. The Morgan fingerprint density at radius 3 is 1.70 bits per heavy atom. The molecule has 0 saturated heterocycles. The van der Waals surface area contributed by atoms with Crippen LogP contribution in [-0.2, 0) is 0 Å². The van der Waals surface area contributed by atoms with Crippen molar-refractivity contribution in [2.24, 2.45) is 17.8 Å². The Hall–Kier alpha value is -0.520. The minimum atomic E-state index is 0.797. The highest BCUT2D eigenvalue weighted by atomic mass is 14.2. The van der Waals surface area contributed by atoms with Crippen LogP contribution < -0.4 is 0 Å². The Balaban J connectivity index is 0.000000176. The normalized spacial score (nSPS) is 21.3. The summed E-state index contributed by atoms with van der Waals surface area (Å²) in [5.41, 5.74) is 3.26. The topological polar surface area (TPSA) is 0 Å². The van der Waals surface area contributed by atoms with E-state index < -0.39 is 0 Å². The standard InChI is InChI=1S/C9H16.C8H16.C6H10/c1-8(2)9-6-4-3-5-7-9;1-7(2)8-5-3-4-6-8;1-6-4-2-3-5-6/h6,8H,3-5,7H2,1-2H3;7-8H,3-6H2,1-2H3;4H,2-3,5H2,1H3. The average molecular weight is 319 g/mol. The maximum absolute atomic E-state index is 2.42. The van der Waals surface area contributed by atoms with Crippen molar-refractivity contribution >= 4 is 0 Å². The van der Waals surface area contributed by atoms with Crippen molar-refractivity contribution in [2.45, 2.75) is 105 Å². The van der Waals surface area contributed by atoms with Crippen LogP contribution in [0.25, 0.3) is 0 Å². The fourth-order valence-corrected chi connectivity index (χ4v) is 3.84. The molecule has 0 aromatic heterocycles.